The van der Waals surface area contributed by atoms with E-state index < -0.39 is 5.97 Å². The molecule has 0 amide bonds. The molecule has 0 aliphatic rings. The Morgan fingerprint density at radius 2 is 2.26 bits per heavy atom. The predicted molar refractivity (Wildman–Crippen MR) is 70.5 cm³/mol. The second-order valence-electron chi connectivity index (χ2n) is 3.82. The zero-order valence-corrected chi connectivity index (χ0v) is 10.8. The molecule has 6 nitrogen and oxygen atoms in total. The third-order valence-electron chi connectivity index (χ3n) is 2.59. The Morgan fingerprint density at radius 3 is 2.89 bits per heavy atom. The third kappa shape index (κ3) is 2.67. The molecule has 1 heterocycles. The zero-order chi connectivity index (χ0) is 13.8. The molecule has 0 unspecified atom stereocenters. The van der Waals surface area contributed by atoms with Crippen molar-refractivity contribution in [3.63, 3.8) is 0 Å². The van der Waals surface area contributed by atoms with Gasteiger partial charge in [-0.2, -0.15) is 5.10 Å². The Morgan fingerprint density at radius 1 is 1.47 bits per heavy atom. The Kier molecular flexibility index (Phi) is 3.70. The van der Waals surface area contributed by atoms with Crippen molar-refractivity contribution in [1.29, 1.82) is 0 Å². The molecule has 0 spiro atoms. The number of carbonyl (C=O) groups is 1. The third-order valence-corrected chi connectivity index (χ3v) is 2.59. The zero-order valence-electron chi connectivity index (χ0n) is 10.8. The number of rotatable bonds is 4. The van der Waals surface area contributed by atoms with E-state index >= 15 is 0 Å². The number of hydrogen-bond donors (Lipinski definition) is 1. The summed E-state index contributed by atoms with van der Waals surface area (Å²) in [5, 5.41) is 4.13. The maximum Gasteiger partial charge on any atom is 0.340 e. The topological polar surface area (TPSA) is 79.4 Å². The van der Waals surface area contributed by atoms with Crippen molar-refractivity contribution in [3.8, 4) is 11.4 Å². The van der Waals surface area contributed by atoms with Crippen LogP contribution in [0.1, 0.15) is 17.3 Å². The summed E-state index contributed by atoms with van der Waals surface area (Å²) in [4.78, 5) is 11.8. The normalized spacial score (nSPS) is 10.2. The number of esters is 1. The molecular formula is C13H15N3O3. The molecule has 2 N–H and O–H groups in total. The summed E-state index contributed by atoms with van der Waals surface area (Å²) in [5.41, 5.74) is 7.19. The number of nitrogens with two attached hydrogens (primary N) is 1. The molecule has 0 aliphatic carbocycles. The minimum Gasteiger partial charge on any atom is -0.493 e. The van der Waals surface area contributed by atoms with Crippen molar-refractivity contribution in [2.45, 2.75) is 6.92 Å². The lowest BCUT2D eigenvalue weighted by Crippen LogP contribution is -2.09. The Balaban J connectivity index is 2.37. The molecule has 0 saturated carbocycles. The number of nitrogens with zero attached hydrogens (tertiary/aromatic N) is 2. The van der Waals surface area contributed by atoms with Gasteiger partial charge in [0.2, 0.25) is 0 Å². The summed E-state index contributed by atoms with van der Waals surface area (Å²) in [6.45, 7) is 2.05. The summed E-state index contributed by atoms with van der Waals surface area (Å²) in [5.74, 6) is 0.190. The highest BCUT2D eigenvalue weighted by molar-refractivity contribution is 5.95. The smallest absolute Gasteiger partial charge is 0.340 e. The molecule has 19 heavy (non-hydrogen) atoms. The van der Waals surface area contributed by atoms with Crippen LogP contribution in [0.25, 0.3) is 5.69 Å². The van der Waals surface area contributed by atoms with Crippen LogP contribution >= 0.6 is 0 Å². The van der Waals surface area contributed by atoms with Crippen LogP contribution < -0.4 is 10.5 Å². The van der Waals surface area contributed by atoms with Gasteiger partial charge in [0.25, 0.3) is 0 Å². The lowest BCUT2D eigenvalue weighted by Gasteiger charge is -2.08. The van der Waals surface area contributed by atoms with Crippen molar-refractivity contribution in [3.05, 3.63) is 36.2 Å². The van der Waals surface area contributed by atoms with E-state index in [1.54, 1.807) is 49.3 Å². The number of anilines is 1. The number of hydrogen-bond acceptors (Lipinski definition) is 5. The van der Waals surface area contributed by atoms with Gasteiger partial charge >= 0.3 is 5.97 Å². The molecule has 0 atom stereocenters. The number of benzene rings is 1. The molecule has 0 fully saturated rings. The highest BCUT2D eigenvalue weighted by Crippen LogP contribution is 2.19. The van der Waals surface area contributed by atoms with Crippen LogP contribution in [0, 0.1) is 0 Å². The van der Waals surface area contributed by atoms with E-state index in [0.717, 1.165) is 0 Å². The van der Waals surface area contributed by atoms with Gasteiger partial charge in [-0.05, 0) is 25.1 Å². The van der Waals surface area contributed by atoms with E-state index in [1.165, 1.54) is 0 Å². The van der Waals surface area contributed by atoms with Crippen LogP contribution in [0.2, 0.25) is 0 Å². The van der Waals surface area contributed by atoms with Crippen LogP contribution in [-0.2, 0) is 4.74 Å². The average molecular weight is 261 g/mol. The molecule has 100 valence electrons. The standard InChI is InChI=1S/C13H15N3O3/c1-3-19-13(17)11-6-9(4-5-12(11)14)16-8-10(18-2)7-15-16/h4-8H,3,14H2,1-2H3. The fourth-order valence-corrected chi connectivity index (χ4v) is 1.63. The van der Waals surface area contributed by atoms with Gasteiger partial charge in [0.15, 0.2) is 5.75 Å². The van der Waals surface area contributed by atoms with Gasteiger partial charge in [-0.1, -0.05) is 0 Å². The van der Waals surface area contributed by atoms with Crippen molar-refractivity contribution in [2.24, 2.45) is 0 Å². The molecule has 1 aromatic heterocycles. The average Bonchev–Trinajstić information content (AvgIpc) is 2.88. The molecule has 1 aromatic carbocycles. The fraction of sp³-hybridized carbons (Fsp3) is 0.231. The van der Waals surface area contributed by atoms with E-state index in [4.69, 9.17) is 15.2 Å². The van der Waals surface area contributed by atoms with Crippen molar-refractivity contribution in [2.75, 3.05) is 19.5 Å². The lowest BCUT2D eigenvalue weighted by molar-refractivity contribution is 0.0527. The fourth-order valence-electron chi connectivity index (χ4n) is 1.63. The van der Waals surface area contributed by atoms with Gasteiger partial charge in [0, 0.05) is 5.69 Å². The van der Waals surface area contributed by atoms with Crippen molar-refractivity contribution >= 4 is 11.7 Å². The van der Waals surface area contributed by atoms with Gasteiger partial charge in [-0.15, -0.1) is 0 Å². The lowest BCUT2D eigenvalue weighted by atomic mass is 10.1. The van der Waals surface area contributed by atoms with E-state index in [0.29, 0.717) is 29.3 Å². The van der Waals surface area contributed by atoms with Crippen LogP contribution in [-0.4, -0.2) is 29.5 Å². The highest BCUT2D eigenvalue weighted by atomic mass is 16.5. The quantitative estimate of drug-likeness (QED) is 0.668. The molecule has 6 heteroatoms. The largest absolute Gasteiger partial charge is 0.493 e. The van der Waals surface area contributed by atoms with Crippen LogP contribution in [0.5, 0.6) is 5.75 Å². The van der Waals surface area contributed by atoms with Crippen molar-refractivity contribution < 1.29 is 14.3 Å². The second-order valence-corrected chi connectivity index (χ2v) is 3.82. The summed E-state index contributed by atoms with van der Waals surface area (Å²) < 4.78 is 11.6. The molecule has 0 bridgehead atoms. The maximum atomic E-state index is 11.8. The van der Waals surface area contributed by atoms with Crippen LogP contribution in [0.15, 0.2) is 30.6 Å². The SMILES string of the molecule is CCOC(=O)c1cc(-n2cc(OC)cn2)ccc1N. The van der Waals surface area contributed by atoms with Gasteiger partial charge in [0.1, 0.15) is 0 Å². The van der Waals surface area contributed by atoms with Gasteiger partial charge in [-0.3, -0.25) is 0 Å². The molecular weight excluding hydrogens is 246 g/mol. The first kappa shape index (κ1) is 12.9. The first-order chi connectivity index (χ1) is 9.15. The highest BCUT2D eigenvalue weighted by Gasteiger charge is 2.12. The van der Waals surface area contributed by atoms with Crippen LogP contribution in [0.4, 0.5) is 5.69 Å². The van der Waals surface area contributed by atoms with E-state index in [2.05, 4.69) is 5.10 Å². The number of nitrogen functional groups attached to an aromatic ring is 1. The minimum atomic E-state index is -0.444. The maximum absolute atomic E-state index is 11.8. The summed E-state index contributed by atoms with van der Waals surface area (Å²) >= 11 is 0. The first-order valence-electron chi connectivity index (χ1n) is 5.81. The minimum absolute atomic E-state index is 0.304. The second kappa shape index (κ2) is 5.43. The summed E-state index contributed by atoms with van der Waals surface area (Å²) in [7, 11) is 1.56. The molecule has 2 aromatic rings. The van der Waals surface area contributed by atoms with Gasteiger partial charge in [0.05, 0.1) is 37.4 Å². The summed E-state index contributed by atoms with van der Waals surface area (Å²) in [6, 6.07) is 5.06. The Hall–Kier alpha value is -2.50. The van der Waals surface area contributed by atoms with Crippen LogP contribution in [0.3, 0.4) is 0 Å². The van der Waals surface area contributed by atoms with Gasteiger partial charge < -0.3 is 15.2 Å². The number of methoxy groups -OCH3 is 1. The molecule has 0 radical (unpaired) electrons. The summed E-state index contributed by atoms with van der Waals surface area (Å²) in [6.07, 6.45) is 3.29. The Bertz CT molecular complexity index is 593. The van der Waals surface area contributed by atoms with E-state index in [1.807, 2.05) is 0 Å². The molecule has 2 rings (SSSR count). The first-order valence-corrected chi connectivity index (χ1v) is 5.81. The Labute approximate surface area is 110 Å². The van der Waals surface area contributed by atoms with Crippen molar-refractivity contribution in [1.82, 2.24) is 9.78 Å². The number of aromatic nitrogens is 2. The molecule has 0 saturated heterocycles. The monoisotopic (exact) mass is 261 g/mol. The molecule has 0 aliphatic heterocycles. The number of ether oxygens (including phenoxy) is 2. The van der Waals surface area contributed by atoms with E-state index in [-0.39, 0.29) is 0 Å². The predicted octanol–water partition coefficient (Wildman–Crippen LogP) is 1.64. The number of carbonyl (C=O) groups excluding carboxylic acids is 1. The van der Waals surface area contributed by atoms with E-state index in [9.17, 15) is 4.79 Å². The van der Waals surface area contributed by atoms with Gasteiger partial charge in [-0.25, -0.2) is 9.48 Å².